The maximum Gasteiger partial charge on any atom is 0.403 e. The number of carbonyl (C=O) groups excluding carboxylic acids is 1. The summed E-state index contributed by atoms with van der Waals surface area (Å²) in [6, 6.07) is 11.6. The Kier molecular flexibility index (Phi) is 5.74. The van der Waals surface area contributed by atoms with Crippen molar-refractivity contribution in [3.05, 3.63) is 58.4 Å². The van der Waals surface area contributed by atoms with Crippen LogP contribution < -0.4 is 10.2 Å². The smallest absolute Gasteiger partial charge is 0.371 e. The van der Waals surface area contributed by atoms with Crippen LogP contribution in [0.3, 0.4) is 0 Å². The van der Waals surface area contributed by atoms with Crippen LogP contribution in [0.2, 0.25) is 5.02 Å². The molecule has 1 N–H and O–H groups in total. The van der Waals surface area contributed by atoms with Crippen molar-refractivity contribution in [1.29, 1.82) is 0 Å². The average molecular weight is 491 g/mol. The van der Waals surface area contributed by atoms with Crippen LogP contribution in [0, 0.1) is 5.41 Å². The van der Waals surface area contributed by atoms with Gasteiger partial charge in [-0.3, -0.25) is 4.79 Å². The van der Waals surface area contributed by atoms with Crippen LogP contribution in [-0.2, 0) is 24.8 Å². The molecule has 0 atom stereocenters. The van der Waals surface area contributed by atoms with Gasteiger partial charge in [0.05, 0.1) is 11.0 Å². The summed E-state index contributed by atoms with van der Waals surface area (Å²) < 4.78 is 41.6. The highest BCUT2D eigenvalue weighted by Gasteiger charge is 2.68. The molecule has 34 heavy (non-hydrogen) atoms. The lowest BCUT2D eigenvalue weighted by atomic mass is 10.0. The van der Waals surface area contributed by atoms with E-state index in [9.17, 15) is 18.0 Å². The number of alkyl halides is 3. The number of benzene rings is 2. The maximum absolute atomic E-state index is 13.2. The predicted octanol–water partition coefficient (Wildman–Crippen LogP) is 5.38. The van der Waals surface area contributed by atoms with Gasteiger partial charge in [0, 0.05) is 43.8 Å². The van der Waals surface area contributed by atoms with E-state index in [-0.39, 0.29) is 19.4 Å². The minimum Gasteiger partial charge on any atom is -0.371 e. The monoisotopic (exact) mass is 490 g/mol. The number of aromatic nitrogens is 2. The highest BCUT2D eigenvalue weighted by atomic mass is 35.5. The summed E-state index contributed by atoms with van der Waals surface area (Å²) in [7, 11) is 1.97. The minimum atomic E-state index is -4.52. The number of nitrogens with zero attached hydrogens (tertiary/aromatic N) is 3. The molecule has 9 heteroatoms. The molecule has 0 radical (unpaired) electrons. The molecule has 2 aliphatic rings. The van der Waals surface area contributed by atoms with E-state index in [0.717, 1.165) is 35.5 Å². The predicted molar refractivity (Wildman–Crippen MR) is 126 cm³/mol. The fourth-order valence-corrected chi connectivity index (χ4v) is 4.90. The summed E-state index contributed by atoms with van der Waals surface area (Å²) in [4.78, 5) is 19.3. The van der Waals surface area contributed by atoms with Crippen molar-refractivity contribution in [3.63, 3.8) is 0 Å². The summed E-state index contributed by atoms with van der Waals surface area (Å²) in [6.45, 7) is 2.15. The molecule has 0 spiro atoms. The maximum atomic E-state index is 13.2. The van der Waals surface area contributed by atoms with E-state index in [1.165, 1.54) is 18.5 Å². The number of halogens is 4. The number of hydrogen-bond donors (Lipinski definition) is 1. The van der Waals surface area contributed by atoms with Crippen molar-refractivity contribution in [3.8, 4) is 0 Å². The third-order valence-corrected chi connectivity index (χ3v) is 7.44. The molecule has 1 amide bonds. The number of carbonyl (C=O) groups is 1. The third kappa shape index (κ3) is 4.13. The first-order valence-electron chi connectivity index (χ1n) is 11.5. The molecule has 2 aromatic carbocycles. The largest absolute Gasteiger partial charge is 0.403 e. The standard InChI is InChI=1S/C25H26ClF3N4O/c1-32-21-14-18(33-10-2-3-11-33)5-7-20(21)31-22(32)13-17-12-16(4-6-19(17)26)15-30-23(34)24(8-9-24)25(27,28)29/h4-7,12,14H,2-3,8-11,13,15H2,1H3,(H,30,34). The topological polar surface area (TPSA) is 50.2 Å². The van der Waals surface area contributed by atoms with E-state index in [0.29, 0.717) is 17.0 Å². The van der Waals surface area contributed by atoms with Gasteiger partial charge in [-0.05, 0) is 61.1 Å². The molecule has 1 saturated heterocycles. The first kappa shape index (κ1) is 23.0. The van der Waals surface area contributed by atoms with Gasteiger partial charge in [-0.2, -0.15) is 13.2 Å². The van der Waals surface area contributed by atoms with Crippen molar-refractivity contribution < 1.29 is 18.0 Å². The Hall–Kier alpha value is -2.74. The molecule has 0 unspecified atom stereocenters. The molecule has 1 aliphatic heterocycles. The van der Waals surface area contributed by atoms with E-state index in [2.05, 4.69) is 26.9 Å². The lowest BCUT2D eigenvalue weighted by Gasteiger charge is -2.18. The highest BCUT2D eigenvalue weighted by Crippen LogP contribution is 2.57. The molecule has 1 aromatic heterocycles. The van der Waals surface area contributed by atoms with Gasteiger partial charge in [-0.15, -0.1) is 0 Å². The number of nitrogens with one attached hydrogen (secondary N) is 1. The Morgan fingerprint density at radius 3 is 2.56 bits per heavy atom. The Labute approximate surface area is 200 Å². The zero-order chi connectivity index (χ0) is 24.1. The second-order valence-electron chi connectivity index (χ2n) is 9.32. The van der Waals surface area contributed by atoms with Crippen LogP contribution in [0.1, 0.15) is 42.6 Å². The Morgan fingerprint density at radius 1 is 1.15 bits per heavy atom. The molecule has 3 aromatic rings. The fraction of sp³-hybridized carbons (Fsp3) is 0.440. The molecule has 0 bridgehead atoms. The number of aryl methyl sites for hydroxylation is 1. The van der Waals surface area contributed by atoms with E-state index >= 15 is 0 Å². The number of hydrogen-bond acceptors (Lipinski definition) is 3. The molecular weight excluding hydrogens is 465 g/mol. The van der Waals surface area contributed by atoms with E-state index < -0.39 is 17.5 Å². The number of amides is 1. The molecule has 1 saturated carbocycles. The van der Waals surface area contributed by atoms with Gasteiger partial charge in [0.15, 0.2) is 0 Å². The zero-order valence-electron chi connectivity index (χ0n) is 18.9. The second-order valence-corrected chi connectivity index (χ2v) is 9.73. The number of fused-ring (bicyclic) bond motifs is 1. The van der Waals surface area contributed by atoms with Crippen molar-refractivity contribution >= 4 is 34.2 Å². The Morgan fingerprint density at radius 2 is 1.88 bits per heavy atom. The Bertz CT molecular complexity index is 1240. The van der Waals surface area contributed by atoms with Crippen LogP contribution in [0.5, 0.6) is 0 Å². The van der Waals surface area contributed by atoms with Gasteiger partial charge in [-0.1, -0.05) is 23.7 Å². The molecular formula is C25H26ClF3N4O. The van der Waals surface area contributed by atoms with Gasteiger partial charge in [0.25, 0.3) is 0 Å². The van der Waals surface area contributed by atoms with E-state index in [4.69, 9.17) is 16.6 Å². The normalized spacial score (nSPS) is 17.4. The highest BCUT2D eigenvalue weighted by molar-refractivity contribution is 6.31. The van der Waals surface area contributed by atoms with Gasteiger partial charge in [0.1, 0.15) is 11.2 Å². The number of anilines is 1. The van der Waals surface area contributed by atoms with Crippen LogP contribution >= 0.6 is 11.6 Å². The lowest BCUT2D eigenvalue weighted by Crippen LogP contribution is -2.40. The molecule has 5 rings (SSSR count). The summed E-state index contributed by atoms with van der Waals surface area (Å²) in [5.41, 5.74) is 2.43. The van der Waals surface area contributed by atoms with Crippen molar-refractivity contribution in [2.45, 2.75) is 44.8 Å². The third-order valence-electron chi connectivity index (χ3n) is 7.07. The van der Waals surface area contributed by atoms with Crippen molar-refractivity contribution in [2.75, 3.05) is 18.0 Å². The summed E-state index contributed by atoms with van der Waals surface area (Å²) in [5.74, 6) is -0.119. The van der Waals surface area contributed by atoms with Gasteiger partial charge < -0.3 is 14.8 Å². The Balaban J connectivity index is 1.33. The van der Waals surface area contributed by atoms with Crippen LogP contribution in [0.25, 0.3) is 11.0 Å². The zero-order valence-corrected chi connectivity index (χ0v) is 19.6. The quantitative estimate of drug-likeness (QED) is 0.505. The van der Waals surface area contributed by atoms with Crippen LogP contribution in [0.15, 0.2) is 36.4 Å². The fourth-order valence-electron chi connectivity index (χ4n) is 4.72. The van der Waals surface area contributed by atoms with E-state index in [1.807, 2.05) is 19.2 Å². The first-order chi connectivity index (χ1) is 16.2. The summed E-state index contributed by atoms with van der Waals surface area (Å²) >= 11 is 6.43. The molecule has 180 valence electrons. The van der Waals surface area contributed by atoms with Gasteiger partial charge in [0.2, 0.25) is 5.91 Å². The van der Waals surface area contributed by atoms with Crippen molar-refractivity contribution in [2.24, 2.45) is 12.5 Å². The molecule has 1 aliphatic carbocycles. The van der Waals surface area contributed by atoms with Crippen LogP contribution in [-0.4, -0.2) is 34.7 Å². The number of rotatable bonds is 6. The first-order valence-corrected chi connectivity index (χ1v) is 11.9. The molecule has 5 nitrogen and oxygen atoms in total. The van der Waals surface area contributed by atoms with Crippen molar-refractivity contribution in [1.82, 2.24) is 14.9 Å². The van der Waals surface area contributed by atoms with Crippen LogP contribution in [0.4, 0.5) is 18.9 Å². The summed E-state index contributed by atoms with van der Waals surface area (Å²) in [5, 5.41) is 3.01. The molecule has 2 heterocycles. The minimum absolute atomic E-state index is 0.0164. The average Bonchev–Trinajstić information content (AvgIpc) is 3.36. The lowest BCUT2D eigenvalue weighted by molar-refractivity contribution is -0.192. The van der Waals surface area contributed by atoms with E-state index in [1.54, 1.807) is 12.1 Å². The SMILES string of the molecule is Cn1c(Cc2cc(CNC(=O)C3(C(F)(F)F)CC3)ccc2Cl)nc2ccc(N3CCCC3)cc21. The second kappa shape index (κ2) is 8.48. The van der Waals surface area contributed by atoms with Gasteiger partial charge in [-0.25, -0.2) is 4.98 Å². The molecule has 2 fully saturated rings. The number of imidazole rings is 1. The summed E-state index contributed by atoms with van der Waals surface area (Å²) in [6.07, 6.45) is -1.93. The van der Waals surface area contributed by atoms with Gasteiger partial charge >= 0.3 is 6.18 Å².